The van der Waals surface area contributed by atoms with Crippen LogP contribution in [0.5, 0.6) is 0 Å². The lowest BCUT2D eigenvalue weighted by molar-refractivity contribution is -0.135. The van der Waals surface area contributed by atoms with Gasteiger partial charge in [-0.3, -0.25) is 9.59 Å². The van der Waals surface area contributed by atoms with Crippen LogP contribution in [0.2, 0.25) is 0 Å². The molecule has 0 spiro atoms. The number of amides is 1. The summed E-state index contributed by atoms with van der Waals surface area (Å²) >= 11 is 3.41. The minimum absolute atomic E-state index is 0.00688. The Morgan fingerprint density at radius 2 is 1.79 bits per heavy atom. The number of benzene rings is 2. The number of anilines is 1. The van der Waals surface area contributed by atoms with Crippen LogP contribution in [0.3, 0.4) is 0 Å². The third kappa shape index (κ3) is 3.65. The number of nitrogens with zero attached hydrogens (tertiary/aromatic N) is 1. The van der Waals surface area contributed by atoms with Gasteiger partial charge in [0.1, 0.15) is 0 Å². The largest absolute Gasteiger partial charge is 0.375 e. The van der Waals surface area contributed by atoms with E-state index in [1.807, 2.05) is 31.2 Å². The minimum atomic E-state index is -1.84. The van der Waals surface area contributed by atoms with Crippen LogP contribution in [0.1, 0.15) is 62.0 Å². The van der Waals surface area contributed by atoms with Crippen molar-refractivity contribution in [3.05, 3.63) is 63.6 Å². The highest BCUT2D eigenvalue weighted by Crippen LogP contribution is 2.44. The van der Waals surface area contributed by atoms with Crippen molar-refractivity contribution in [3.8, 4) is 0 Å². The van der Waals surface area contributed by atoms with Crippen molar-refractivity contribution < 1.29 is 14.7 Å². The third-order valence-corrected chi connectivity index (χ3v) is 5.72. The molecular formula is C23H26BrNO3. The quantitative estimate of drug-likeness (QED) is 0.663. The van der Waals surface area contributed by atoms with Gasteiger partial charge in [0.15, 0.2) is 11.4 Å². The van der Waals surface area contributed by atoms with Crippen LogP contribution in [-0.4, -0.2) is 23.3 Å². The van der Waals surface area contributed by atoms with E-state index in [1.165, 1.54) is 0 Å². The van der Waals surface area contributed by atoms with Crippen LogP contribution in [0.15, 0.2) is 46.9 Å². The number of rotatable bonds is 5. The number of carbonyl (C=O) groups is 2. The molecule has 0 saturated carbocycles. The lowest BCUT2D eigenvalue weighted by Gasteiger charge is -2.23. The van der Waals surface area contributed by atoms with Crippen molar-refractivity contribution in [2.45, 2.75) is 51.6 Å². The molecule has 0 unspecified atom stereocenters. The van der Waals surface area contributed by atoms with Crippen LogP contribution < -0.4 is 4.90 Å². The highest BCUT2D eigenvalue weighted by Gasteiger charge is 2.50. The zero-order valence-corrected chi connectivity index (χ0v) is 18.3. The van der Waals surface area contributed by atoms with Crippen LogP contribution in [0.25, 0.3) is 0 Å². The molecule has 2 aromatic carbocycles. The Labute approximate surface area is 174 Å². The Morgan fingerprint density at radius 1 is 1.14 bits per heavy atom. The number of fused-ring (bicyclic) bond motifs is 1. The maximum atomic E-state index is 13.0. The molecule has 148 valence electrons. The normalized spacial score (nSPS) is 19.1. The van der Waals surface area contributed by atoms with Gasteiger partial charge in [-0.1, -0.05) is 67.9 Å². The van der Waals surface area contributed by atoms with E-state index in [0.717, 1.165) is 16.5 Å². The van der Waals surface area contributed by atoms with E-state index < -0.39 is 11.5 Å². The van der Waals surface area contributed by atoms with Gasteiger partial charge in [0.2, 0.25) is 0 Å². The summed E-state index contributed by atoms with van der Waals surface area (Å²) in [6.07, 6.45) is 0.490. The van der Waals surface area contributed by atoms with Crippen LogP contribution in [0, 0.1) is 0 Å². The minimum Gasteiger partial charge on any atom is -0.375 e. The second-order valence-corrected chi connectivity index (χ2v) is 9.32. The Balaban J connectivity index is 1.93. The number of hydrogen-bond acceptors (Lipinski definition) is 3. The van der Waals surface area contributed by atoms with Crippen molar-refractivity contribution in [2.75, 3.05) is 11.4 Å². The van der Waals surface area contributed by atoms with Gasteiger partial charge in [0.25, 0.3) is 5.91 Å². The predicted octanol–water partition coefficient (Wildman–Crippen LogP) is 4.96. The highest BCUT2D eigenvalue weighted by molar-refractivity contribution is 9.10. The van der Waals surface area contributed by atoms with Crippen molar-refractivity contribution in [3.63, 3.8) is 0 Å². The van der Waals surface area contributed by atoms with Gasteiger partial charge in [-0.25, -0.2) is 0 Å². The summed E-state index contributed by atoms with van der Waals surface area (Å²) in [6, 6.07) is 12.8. The zero-order valence-electron chi connectivity index (χ0n) is 16.8. The molecule has 0 aromatic heterocycles. The van der Waals surface area contributed by atoms with Crippen molar-refractivity contribution in [1.29, 1.82) is 0 Å². The molecule has 0 bridgehead atoms. The number of aliphatic hydroxyl groups is 1. The molecule has 1 aliphatic heterocycles. The highest BCUT2D eigenvalue weighted by atomic mass is 79.9. The Hall–Kier alpha value is -1.98. The first-order valence-corrected chi connectivity index (χ1v) is 10.4. The summed E-state index contributed by atoms with van der Waals surface area (Å²) in [6.45, 7) is 8.82. The van der Waals surface area contributed by atoms with Gasteiger partial charge in [0, 0.05) is 22.1 Å². The molecule has 28 heavy (non-hydrogen) atoms. The molecule has 0 saturated heterocycles. The Kier molecular flexibility index (Phi) is 5.52. The molecule has 1 atom stereocenters. The van der Waals surface area contributed by atoms with Crippen LogP contribution in [-0.2, 0) is 15.8 Å². The summed E-state index contributed by atoms with van der Waals surface area (Å²) in [4.78, 5) is 27.6. The van der Waals surface area contributed by atoms with Gasteiger partial charge < -0.3 is 10.0 Å². The molecular weight excluding hydrogens is 418 g/mol. The molecule has 1 N–H and O–H groups in total. The maximum Gasteiger partial charge on any atom is 0.264 e. The summed E-state index contributed by atoms with van der Waals surface area (Å²) in [5.41, 5.74) is 0.942. The molecule has 0 fully saturated rings. The first-order chi connectivity index (χ1) is 13.1. The van der Waals surface area contributed by atoms with Gasteiger partial charge in [-0.05, 0) is 35.6 Å². The number of Topliss-reactive ketones (excluding diaryl/α,β-unsaturated/α-hetero) is 1. The third-order valence-electron chi connectivity index (χ3n) is 5.23. The lowest BCUT2D eigenvalue weighted by Crippen LogP contribution is -2.42. The topological polar surface area (TPSA) is 57.6 Å². The Morgan fingerprint density at radius 3 is 2.36 bits per heavy atom. The van der Waals surface area contributed by atoms with Gasteiger partial charge in [-0.15, -0.1) is 0 Å². The fourth-order valence-corrected chi connectivity index (χ4v) is 3.99. The molecule has 3 rings (SSSR count). The number of hydrogen-bond donors (Lipinski definition) is 1. The molecule has 4 nitrogen and oxygen atoms in total. The average molecular weight is 444 g/mol. The van der Waals surface area contributed by atoms with Crippen molar-refractivity contribution in [1.82, 2.24) is 0 Å². The molecule has 5 heteroatoms. The van der Waals surface area contributed by atoms with Crippen molar-refractivity contribution >= 4 is 33.3 Å². The number of ketones is 1. The summed E-state index contributed by atoms with van der Waals surface area (Å²) in [5, 5.41) is 11.3. The lowest BCUT2D eigenvalue weighted by atomic mass is 9.85. The first kappa shape index (κ1) is 20.7. The summed E-state index contributed by atoms with van der Waals surface area (Å²) in [7, 11) is 0. The van der Waals surface area contributed by atoms with Gasteiger partial charge >= 0.3 is 0 Å². The van der Waals surface area contributed by atoms with Gasteiger partial charge in [0.05, 0.1) is 12.1 Å². The van der Waals surface area contributed by atoms with E-state index in [1.54, 1.807) is 23.1 Å². The molecule has 1 amide bonds. The van der Waals surface area contributed by atoms with E-state index in [4.69, 9.17) is 0 Å². The standard InChI is InChI=1S/C23H26BrNO3/c1-5-12-25-19-11-10-17(24)13-18(19)23(28,21(25)27)14-20(26)15-6-8-16(9-7-15)22(2,3)4/h6-11,13,28H,5,12,14H2,1-4H3/t23-/m1/s1. The van der Waals surface area contributed by atoms with Gasteiger partial charge in [-0.2, -0.15) is 0 Å². The van der Waals surface area contributed by atoms with E-state index in [2.05, 4.69) is 36.7 Å². The fourth-order valence-electron chi connectivity index (χ4n) is 3.63. The van der Waals surface area contributed by atoms with Crippen molar-refractivity contribution in [2.24, 2.45) is 0 Å². The molecule has 0 radical (unpaired) electrons. The maximum absolute atomic E-state index is 13.0. The molecule has 0 aliphatic carbocycles. The van der Waals surface area contributed by atoms with Crippen LogP contribution >= 0.6 is 15.9 Å². The summed E-state index contributed by atoms with van der Waals surface area (Å²) < 4.78 is 0.762. The average Bonchev–Trinajstić information content (AvgIpc) is 2.83. The number of carbonyl (C=O) groups excluding carboxylic acids is 2. The van der Waals surface area contributed by atoms with E-state index in [0.29, 0.717) is 23.4 Å². The summed E-state index contributed by atoms with van der Waals surface area (Å²) in [5.74, 6) is -0.678. The monoisotopic (exact) mass is 443 g/mol. The predicted molar refractivity (Wildman–Crippen MR) is 115 cm³/mol. The zero-order chi connectivity index (χ0) is 20.7. The second-order valence-electron chi connectivity index (χ2n) is 8.41. The fraction of sp³-hybridized carbons (Fsp3) is 0.391. The second kappa shape index (κ2) is 7.45. The SMILES string of the molecule is CCCN1C(=O)[C@@](O)(CC(=O)c2ccc(C(C)(C)C)cc2)c2cc(Br)ccc21. The van der Waals surface area contributed by atoms with Crippen LogP contribution in [0.4, 0.5) is 5.69 Å². The molecule has 1 aliphatic rings. The van der Waals surface area contributed by atoms with E-state index in [9.17, 15) is 14.7 Å². The Bertz CT molecular complexity index is 914. The van der Waals surface area contributed by atoms with E-state index in [-0.39, 0.29) is 17.6 Å². The van der Waals surface area contributed by atoms with E-state index >= 15 is 0 Å². The number of halogens is 1. The molecule has 1 heterocycles. The first-order valence-electron chi connectivity index (χ1n) is 9.56. The molecule has 2 aromatic rings. The smallest absolute Gasteiger partial charge is 0.264 e.